The fourth-order valence-electron chi connectivity index (χ4n) is 1.83. The van der Waals surface area contributed by atoms with Gasteiger partial charge in [-0.25, -0.2) is 0 Å². The zero-order chi connectivity index (χ0) is 15.4. The lowest BCUT2D eigenvalue weighted by Crippen LogP contribution is -2.41. The maximum absolute atomic E-state index is 12.0. The molecule has 2 aromatic rings. The van der Waals surface area contributed by atoms with Gasteiger partial charge in [-0.2, -0.15) is 0 Å². The molecule has 6 nitrogen and oxygen atoms in total. The fourth-order valence-corrected chi connectivity index (χ4v) is 3.48. The summed E-state index contributed by atoms with van der Waals surface area (Å²) in [6.07, 6.45) is 1.51. The zero-order valence-electron chi connectivity index (χ0n) is 12.0. The number of thiophene rings is 1. The summed E-state index contributed by atoms with van der Waals surface area (Å²) in [5.41, 5.74) is 6.56. The Labute approximate surface area is 130 Å². The van der Waals surface area contributed by atoms with Crippen molar-refractivity contribution in [1.29, 1.82) is 0 Å². The minimum atomic E-state index is -0.390. The topological polar surface area (TPSA) is 84.0 Å². The molecule has 0 aliphatic heterocycles. The lowest BCUT2D eigenvalue weighted by molar-refractivity contribution is 0.0850. The van der Waals surface area contributed by atoms with Crippen LogP contribution in [0.4, 0.5) is 0 Å². The summed E-state index contributed by atoms with van der Waals surface area (Å²) in [6, 6.07) is 1.83. The lowest BCUT2D eigenvalue weighted by atomic mass is 10.2. The van der Waals surface area contributed by atoms with Crippen LogP contribution in [0.15, 0.2) is 6.07 Å². The molecule has 112 valence electrons. The van der Waals surface area contributed by atoms with Gasteiger partial charge in [0, 0.05) is 4.88 Å². The Kier molecular flexibility index (Phi) is 5.03. The molecule has 0 bridgehead atoms. The second kappa shape index (κ2) is 6.77. The summed E-state index contributed by atoms with van der Waals surface area (Å²) in [4.78, 5) is 26.2. The van der Waals surface area contributed by atoms with Crippen LogP contribution in [0.3, 0.4) is 0 Å². The van der Waals surface area contributed by atoms with Gasteiger partial charge in [0.2, 0.25) is 0 Å². The molecule has 0 fully saturated rings. The Morgan fingerprint density at radius 1 is 1.19 bits per heavy atom. The number of carbonyl (C=O) groups excluding carboxylic acids is 2. The van der Waals surface area contributed by atoms with Crippen LogP contribution >= 0.6 is 22.9 Å². The number of hydrogen-bond acceptors (Lipinski definition) is 6. The highest BCUT2D eigenvalue weighted by molar-refractivity contribution is 7.14. The molecule has 0 saturated heterocycles. The molecule has 2 N–H and O–H groups in total. The Morgan fingerprint density at radius 2 is 1.90 bits per heavy atom. The Hall–Kier alpha value is -1.80. The smallest absolute Gasteiger partial charge is 0.266 e. The van der Waals surface area contributed by atoms with Gasteiger partial charge in [0.15, 0.2) is 0 Å². The van der Waals surface area contributed by atoms with E-state index in [0.29, 0.717) is 21.9 Å². The van der Waals surface area contributed by atoms with Gasteiger partial charge in [-0.3, -0.25) is 20.4 Å². The number of amides is 2. The van der Waals surface area contributed by atoms with E-state index in [-0.39, 0.29) is 11.8 Å². The number of nitrogens with one attached hydrogen (secondary N) is 2. The molecule has 0 aliphatic carbocycles. The second-order valence-electron chi connectivity index (χ2n) is 4.38. The summed E-state index contributed by atoms with van der Waals surface area (Å²) in [5.74, 6) is -0.703. The van der Waals surface area contributed by atoms with Crippen molar-refractivity contribution in [2.75, 3.05) is 0 Å². The van der Waals surface area contributed by atoms with E-state index in [1.807, 2.05) is 26.8 Å². The van der Waals surface area contributed by atoms with Crippen molar-refractivity contribution in [2.24, 2.45) is 0 Å². The number of hydrazine groups is 1. The number of aryl methyl sites for hydroxylation is 3. The standard InChI is InChI=1S/C13H16N4O2S2/c1-4-8-11(21-17-14-8)13(19)16-15-12(18)10-6-7(3)9(5-2)20-10/h6H,4-5H2,1-3H3,(H,15,18)(H,16,19). The van der Waals surface area contributed by atoms with Gasteiger partial charge in [-0.1, -0.05) is 18.3 Å². The summed E-state index contributed by atoms with van der Waals surface area (Å²) in [5, 5.41) is 3.86. The van der Waals surface area contributed by atoms with Gasteiger partial charge < -0.3 is 0 Å². The molecule has 2 aromatic heterocycles. The van der Waals surface area contributed by atoms with Gasteiger partial charge >= 0.3 is 0 Å². The Bertz CT molecular complexity index is 663. The quantitative estimate of drug-likeness (QED) is 0.844. The second-order valence-corrected chi connectivity index (χ2v) is 6.27. The molecule has 0 unspecified atom stereocenters. The van der Waals surface area contributed by atoms with Crippen LogP contribution in [-0.2, 0) is 12.8 Å². The molecule has 2 heterocycles. The average Bonchev–Trinajstić information content (AvgIpc) is 3.10. The molecule has 21 heavy (non-hydrogen) atoms. The lowest BCUT2D eigenvalue weighted by Gasteiger charge is -2.04. The first-order valence-electron chi connectivity index (χ1n) is 6.58. The molecule has 0 spiro atoms. The molecule has 2 amide bonds. The van der Waals surface area contributed by atoms with Crippen molar-refractivity contribution in [3.63, 3.8) is 0 Å². The van der Waals surface area contributed by atoms with Crippen molar-refractivity contribution in [1.82, 2.24) is 20.4 Å². The molecule has 0 aromatic carbocycles. The molecule has 0 atom stereocenters. The normalized spacial score (nSPS) is 10.4. The number of carbonyl (C=O) groups is 2. The third-order valence-electron chi connectivity index (χ3n) is 2.95. The summed E-state index contributed by atoms with van der Waals surface area (Å²) in [6.45, 7) is 5.92. The fraction of sp³-hybridized carbons (Fsp3) is 0.385. The first kappa shape index (κ1) is 15.6. The first-order chi connectivity index (χ1) is 10.1. The van der Waals surface area contributed by atoms with E-state index >= 15 is 0 Å². The average molecular weight is 324 g/mol. The van der Waals surface area contributed by atoms with Crippen LogP contribution in [0.25, 0.3) is 0 Å². The van der Waals surface area contributed by atoms with E-state index in [0.717, 1.165) is 23.5 Å². The van der Waals surface area contributed by atoms with Crippen LogP contribution in [-0.4, -0.2) is 21.4 Å². The Morgan fingerprint density at radius 3 is 2.52 bits per heavy atom. The van der Waals surface area contributed by atoms with Crippen LogP contribution in [0.5, 0.6) is 0 Å². The van der Waals surface area contributed by atoms with Crippen LogP contribution in [0, 0.1) is 6.92 Å². The summed E-state index contributed by atoms with van der Waals surface area (Å²) < 4.78 is 3.75. The van der Waals surface area contributed by atoms with Crippen LogP contribution in [0.2, 0.25) is 0 Å². The minimum Gasteiger partial charge on any atom is -0.266 e. The summed E-state index contributed by atoms with van der Waals surface area (Å²) >= 11 is 2.46. The monoisotopic (exact) mass is 324 g/mol. The molecular weight excluding hydrogens is 308 g/mol. The van der Waals surface area contributed by atoms with Gasteiger partial charge in [-0.15, -0.1) is 16.4 Å². The van der Waals surface area contributed by atoms with Gasteiger partial charge in [0.1, 0.15) is 4.88 Å². The third kappa shape index (κ3) is 3.45. The summed E-state index contributed by atoms with van der Waals surface area (Å²) in [7, 11) is 0. The highest BCUT2D eigenvalue weighted by atomic mass is 32.1. The first-order valence-corrected chi connectivity index (χ1v) is 8.17. The molecule has 0 saturated carbocycles. The molecule has 2 rings (SSSR count). The number of nitrogens with zero attached hydrogens (tertiary/aromatic N) is 2. The van der Waals surface area contributed by atoms with Crippen LogP contribution < -0.4 is 10.9 Å². The SMILES string of the molecule is CCc1nnsc1C(=O)NNC(=O)c1cc(C)c(CC)s1. The van der Waals surface area contributed by atoms with Crippen molar-refractivity contribution in [3.05, 3.63) is 32.0 Å². The maximum atomic E-state index is 12.0. The largest absolute Gasteiger partial charge is 0.283 e. The minimum absolute atomic E-state index is 0.313. The molecule has 0 aliphatic rings. The Balaban J connectivity index is 1.99. The highest BCUT2D eigenvalue weighted by Gasteiger charge is 2.17. The van der Waals surface area contributed by atoms with Gasteiger partial charge in [0.05, 0.1) is 10.6 Å². The van der Waals surface area contributed by atoms with Gasteiger partial charge in [-0.05, 0) is 42.9 Å². The predicted octanol–water partition coefficient (Wildman–Crippen LogP) is 2.11. The van der Waals surface area contributed by atoms with E-state index in [1.54, 1.807) is 0 Å². The van der Waals surface area contributed by atoms with Crippen molar-refractivity contribution in [3.8, 4) is 0 Å². The van der Waals surface area contributed by atoms with E-state index in [9.17, 15) is 9.59 Å². The van der Waals surface area contributed by atoms with Gasteiger partial charge in [0.25, 0.3) is 11.8 Å². The third-order valence-corrected chi connectivity index (χ3v) is 5.10. The predicted molar refractivity (Wildman–Crippen MR) is 82.7 cm³/mol. The van der Waals surface area contributed by atoms with E-state index < -0.39 is 0 Å². The van der Waals surface area contributed by atoms with E-state index in [1.165, 1.54) is 16.2 Å². The van der Waals surface area contributed by atoms with Crippen LogP contribution in [0.1, 0.15) is 49.3 Å². The molecule has 8 heteroatoms. The van der Waals surface area contributed by atoms with Crippen molar-refractivity contribution < 1.29 is 9.59 Å². The van der Waals surface area contributed by atoms with E-state index in [4.69, 9.17) is 0 Å². The molecule has 0 radical (unpaired) electrons. The van der Waals surface area contributed by atoms with E-state index in [2.05, 4.69) is 20.4 Å². The zero-order valence-corrected chi connectivity index (χ0v) is 13.7. The number of rotatable bonds is 4. The maximum Gasteiger partial charge on any atom is 0.283 e. The van der Waals surface area contributed by atoms with Crippen molar-refractivity contribution in [2.45, 2.75) is 33.6 Å². The number of aromatic nitrogens is 2. The highest BCUT2D eigenvalue weighted by Crippen LogP contribution is 2.22. The van der Waals surface area contributed by atoms with Crippen molar-refractivity contribution >= 4 is 34.7 Å². The number of hydrogen-bond donors (Lipinski definition) is 2. The molecular formula is C13H16N4O2S2.